The van der Waals surface area contributed by atoms with Gasteiger partial charge in [-0.3, -0.25) is 4.57 Å². The lowest BCUT2D eigenvalue weighted by Gasteiger charge is -2.19. The maximum atomic E-state index is 12.9. The van der Waals surface area contributed by atoms with Crippen LogP contribution in [0.15, 0.2) is 34.3 Å². The quantitative estimate of drug-likeness (QED) is 0.557. The molecule has 0 bridgehead atoms. The lowest BCUT2D eigenvalue weighted by atomic mass is 10.2. The van der Waals surface area contributed by atoms with Crippen molar-refractivity contribution in [3.63, 3.8) is 0 Å². The maximum absolute atomic E-state index is 12.9. The van der Waals surface area contributed by atoms with Crippen LogP contribution in [0.2, 0.25) is 0 Å². The maximum Gasteiger partial charge on any atom is 0.243 e. The second kappa shape index (κ2) is 9.68. The van der Waals surface area contributed by atoms with E-state index in [-0.39, 0.29) is 10.9 Å². The summed E-state index contributed by atoms with van der Waals surface area (Å²) in [5.41, 5.74) is 0.724. The number of sulfonamides is 1. The summed E-state index contributed by atoms with van der Waals surface area (Å²) < 4.78 is 34.5. The third-order valence-electron chi connectivity index (χ3n) is 4.22. The van der Waals surface area contributed by atoms with E-state index < -0.39 is 10.0 Å². The van der Waals surface area contributed by atoms with Gasteiger partial charge in [0, 0.05) is 25.8 Å². The number of nitrogens with zero attached hydrogens (tertiary/aromatic N) is 4. The van der Waals surface area contributed by atoms with Crippen molar-refractivity contribution < 1.29 is 13.2 Å². The van der Waals surface area contributed by atoms with Crippen LogP contribution in [0.3, 0.4) is 0 Å². The van der Waals surface area contributed by atoms with Crippen molar-refractivity contribution in [2.24, 2.45) is 0 Å². The molecule has 2 rings (SSSR count). The summed E-state index contributed by atoms with van der Waals surface area (Å²) in [7, 11) is -1.88. The fourth-order valence-electron chi connectivity index (χ4n) is 2.92. The average molecular weight is 413 g/mol. The Morgan fingerprint density at radius 2 is 1.93 bits per heavy atom. The number of methoxy groups -OCH3 is 1. The third kappa shape index (κ3) is 4.71. The van der Waals surface area contributed by atoms with Crippen molar-refractivity contribution in [2.75, 3.05) is 32.6 Å². The van der Waals surface area contributed by atoms with Crippen LogP contribution in [0.25, 0.3) is 11.4 Å². The molecule has 0 saturated heterocycles. The van der Waals surface area contributed by atoms with Gasteiger partial charge in [-0.05, 0) is 24.8 Å². The number of rotatable bonds is 10. The number of aromatic nitrogens is 3. The minimum absolute atomic E-state index is 0.0251. The van der Waals surface area contributed by atoms with Gasteiger partial charge in [-0.2, -0.15) is 4.31 Å². The van der Waals surface area contributed by atoms with E-state index in [1.54, 1.807) is 37.1 Å². The van der Waals surface area contributed by atoms with E-state index in [1.165, 1.54) is 4.31 Å². The minimum Gasteiger partial charge on any atom is -0.383 e. The van der Waals surface area contributed by atoms with Crippen LogP contribution in [0.4, 0.5) is 0 Å². The molecule has 150 valence electrons. The highest BCUT2D eigenvalue weighted by Gasteiger charge is 2.24. The Kier molecular flexibility index (Phi) is 7.84. The highest BCUT2D eigenvalue weighted by Crippen LogP contribution is 2.29. The largest absolute Gasteiger partial charge is 0.383 e. The van der Waals surface area contributed by atoms with Gasteiger partial charge in [-0.15, -0.1) is 10.2 Å². The van der Waals surface area contributed by atoms with E-state index in [1.807, 2.05) is 31.4 Å². The first kappa shape index (κ1) is 21.9. The van der Waals surface area contributed by atoms with E-state index in [0.717, 1.165) is 16.5 Å². The molecule has 0 aliphatic rings. The molecule has 2 aromatic rings. The molecule has 1 heterocycles. The molecule has 1 unspecified atom stereocenters. The van der Waals surface area contributed by atoms with Gasteiger partial charge in [-0.1, -0.05) is 44.7 Å². The standard InChI is InChI=1S/C18H28N4O3S2/c1-6-21(7-2)27(23,24)16-11-9-10-15(12-16)17-19-20-18(26-8-3)22(17)14(4)13-25-5/h9-12,14H,6-8,13H2,1-5H3. The second-order valence-corrected chi connectivity index (χ2v) is 9.20. The normalized spacial score (nSPS) is 13.3. The highest BCUT2D eigenvalue weighted by molar-refractivity contribution is 7.99. The van der Waals surface area contributed by atoms with Crippen LogP contribution >= 0.6 is 11.8 Å². The predicted molar refractivity (Wildman–Crippen MR) is 109 cm³/mol. The Morgan fingerprint density at radius 1 is 1.22 bits per heavy atom. The molecule has 1 atom stereocenters. The molecule has 7 nitrogen and oxygen atoms in total. The zero-order valence-electron chi connectivity index (χ0n) is 16.5. The first-order chi connectivity index (χ1) is 12.9. The van der Waals surface area contributed by atoms with Crippen molar-refractivity contribution in [1.29, 1.82) is 0 Å². The van der Waals surface area contributed by atoms with Gasteiger partial charge in [0.1, 0.15) is 0 Å². The molecule has 0 saturated carbocycles. The van der Waals surface area contributed by atoms with Crippen LogP contribution in [-0.2, 0) is 14.8 Å². The Morgan fingerprint density at radius 3 is 2.52 bits per heavy atom. The Hall–Kier alpha value is -1.42. The number of hydrogen-bond donors (Lipinski definition) is 0. The van der Waals surface area contributed by atoms with Crippen molar-refractivity contribution in [1.82, 2.24) is 19.1 Å². The van der Waals surface area contributed by atoms with Crippen LogP contribution in [0.1, 0.15) is 33.7 Å². The van der Waals surface area contributed by atoms with Crippen LogP contribution in [0, 0.1) is 0 Å². The number of thioether (sulfide) groups is 1. The predicted octanol–water partition coefficient (Wildman–Crippen LogP) is 3.30. The van der Waals surface area contributed by atoms with Crippen LogP contribution in [-0.4, -0.2) is 60.0 Å². The smallest absolute Gasteiger partial charge is 0.243 e. The van der Waals surface area contributed by atoms with Crippen LogP contribution in [0.5, 0.6) is 0 Å². The summed E-state index contributed by atoms with van der Waals surface area (Å²) in [5, 5.41) is 9.45. The number of benzene rings is 1. The molecule has 27 heavy (non-hydrogen) atoms. The number of ether oxygens (including phenoxy) is 1. The van der Waals surface area contributed by atoms with E-state index in [9.17, 15) is 8.42 Å². The highest BCUT2D eigenvalue weighted by atomic mass is 32.2. The summed E-state index contributed by atoms with van der Waals surface area (Å²) in [6.45, 7) is 9.14. The van der Waals surface area contributed by atoms with Crippen molar-refractivity contribution >= 4 is 21.8 Å². The third-order valence-corrected chi connectivity index (χ3v) is 7.09. The molecule has 0 fully saturated rings. The van der Waals surface area contributed by atoms with E-state index in [2.05, 4.69) is 17.1 Å². The van der Waals surface area contributed by atoms with E-state index >= 15 is 0 Å². The Labute approximate surface area is 166 Å². The topological polar surface area (TPSA) is 77.3 Å². The van der Waals surface area contributed by atoms with E-state index in [0.29, 0.717) is 25.5 Å². The summed E-state index contributed by atoms with van der Waals surface area (Å²) in [6, 6.07) is 6.93. The van der Waals surface area contributed by atoms with Gasteiger partial charge in [0.25, 0.3) is 0 Å². The molecule has 0 aliphatic heterocycles. The lowest BCUT2D eigenvalue weighted by Crippen LogP contribution is -2.30. The van der Waals surface area contributed by atoms with Crippen molar-refractivity contribution in [3.8, 4) is 11.4 Å². The van der Waals surface area contributed by atoms with Crippen LogP contribution < -0.4 is 0 Å². The second-order valence-electron chi connectivity index (χ2n) is 6.03. The molecule has 0 amide bonds. The SMILES string of the molecule is CCSc1nnc(-c2cccc(S(=O)(=O)N(CC)CC)c2)n1C(C)COC. The first-order valence-corrected chi connectivity index (χ1v) is 11.5. The molecular formula is C18H28N4O3S2. The van der Waals surface area contributed by atoms with Gasteiger partial charge in [-0.25, -0.2) is 8.42 Å². The fourth-order valence-corrected chi connectivity index (χ4v) is 5.19. The van der Waals surface area contributed by atoms with Gasteiger partial charge in [0.15, 0.2) is 11.0 Å². The zero-order valence-corrected chi connectivity index (χ0v) is 18.2. The monoisotopic (exact) mass is 412 g/mol. The first-order valence-electron chi connectivity index (χ1n) is 9.07. The summed E-state index contributed by atoms with van der Waals surface area (Å²) in [4.78, 5) is 0.266. The molecule has 9 heteroatoms. The summed E-state index contributed by atoms with van der Waals surface area (Å²) in [6.07, 6.45) is 0. The summed E-state index contributed by atoms with van der Waals surface area (Å²) in [5.74, 6) is 1.51. The molecule has 1 aromatic heterocycles. The summed E-state index contributed by atoms with van der Waals surface area (Å²) >= 11 is 1.60. The minimum atomic E-state index is -3.53. The van der Waals surface area contributed by atoms with Gasteiger partial charge >= 0.3 is 0 Å². The average Bonchev–Trinajstić information content (AvgIpc) is 3.07. The van der Waals surface area contributed by atoms with E-state index in [4.69, 9.17) is 4.74 Å². The fraction of sp³-hybridized carbons (Fsp3) is 0.556. The van der Waals surface area contributed by atoms with Crippen molar-refractivity contribution in [2.45, 2.75) is 43.8 Å². The molecule has 0 spiro atoms. The molecule has 0 radical (unpaired) electrons. The molecular weight excluding hydrogens is 384 g/mol. The number of hydrogen-bond acceptors (Lipinski definition) is 6. The van der Waals surface area contributed by atoms with Gasteiger partial charge < -0.3 is 4.74 Å². The lowest BCUT2D eigenvalue weighted by molar-refractivity contribution is 0.159. The molecule has 1 aromatic carbocycles. The Balaban J connectivity index is 2.54. The van der Waals surface area contributed by atoms with Crippen molar-refractivity contribution in [3.05, 3.63) is 24.3 Å². The Bertz CT molecular complexity index is 848. The molecule has 0 aliphatic carbocycles. The van der Waals surface area contributed by atoms with Gasteiger partial charge in [0.05, 0.1) is 17.5 Å². The van der Waals surface area contributed by atoms with Gasteiger partial charge in [0.2, 0.25) is 10.0 Å². The molecule has 0 N–H and O–H groups in total. The zero-order chi connectivity index (χ0) is 20.0.